The lowest BCUT2D eigenvalue weighted by atomic mass is 9.93. The van der Waals surface area contributed by atoms with E-state index in [2.05, 4.69) is 32.3 Å². The molecule has 0 amide bonds. The number of piperidine rings is 2. The summed E-state index contributed by atoms with van der Waals surface area (Å²) in [5, 5.41) is 7.19. The molecule has 0 aromatic heterocycles. The minimum absolute atomic E-state index is 0.596. The van der Waals surface area contributed by atoms with Crippen molar-refractivity contribution in [3.63, 3.8) is 0 Å². The molecule has 0 aromatic rings. The highest BCUT2D eigenvalue weighted by atomic mass is 15.2. The molecule has 0 atom stereocenters. The fourth-order valence-corrected chi connectivity index (χ4v) is 4.22. The molecule has 0 radical (unpaired) electrons. The zero-order chi connectivity index (χ0) is 16.8. The maximum atomic E-state index is 4.43. The van der Waals surface area contributed by atoms with Crippen LogP contribution >= 0.6 is 0 Å². The van der Waals surface area contributed by atoms with Crippen molar-refractivity contribution in [1.29, 1.82) is 0 Å². The van der Waals surface area contributed by atoms with Crippen molar-refractivity contribution < 1.29 is 0 Å². The summed E-state index contributed by atoms with van der Waals surface area (Å²) in [4.78, 5) is 9.67. The van der Waals surface area contributed by atoms with Gasteiger partial charge in [-0.05, 0) is 70.5 Å². The first-order valence-electron chi connectivity index (χ1n) is 10.2. The molecule has 2 heterocycles. The molecule has 2 N–H and O–H groups in total. The van der Waals surface area contributed by atoms with Gasteiger partial charge in [-0.25, -0.2) is 0 Å². The number of guanidine groups is 1. The highest BCUT2D eigenvalue weighted by Crippen LogP contribution is 2.29. The van der Waals surface area contributed by atoms with Gasteiger partial charge in [0.25, 0.3) is 0 Å². The lowest BCUT2D eigenvalue weighted by Gasteiger charge is -2.33. The van der Waals surface area contributed by atoms with Crippen molar-refractivity contribution in [3.05, 3.63) is 0 Å². The summed E-state index contributed by atoms with van der Waals surface area (Å²) >= 11 is 0. The molecule has 1 aliphatic carbocycles. The molecule has 3 aliphatic rings. The molecule has 5 heteroatoms. The van der Waals surface area contributed by atoms with Gasteiger partial charge in [-0.3, -0.25) is 4.99 Å². The van der Waals surface area contributed by atoms with E-state index in [1.807, 2.05) is 7.05 Å². The topological polar surface area (TPSA) is 42.9 Å². The molecule has 24 heavy (non-hydrogen) atoms. The van der Waals surface area contributed by atoms with Crippen LogP contribution in [0.4, 0.5) is 0 Å². The average molecular weight is 336 g/mol. The second kappa shape index (κ2) is 9.04. The third-order valence-electron chi connectivity index (χ3n) is 6.16. The smallest absolute Gasteiger partial charge is 0.191 e. The summed E-state index contributed by atoms with van der Waals surface area (Å²) in [6.07, 6.45) is 9.37. The molecule has 0 aromatic carbocycles. The minimum atomic E-state index is 0.596. The van der Waals surface area contributed by atoms with Gasteiger partial charge in [0, 0.05) is 38.8 Å². The Morgan fingerprint density at radius 2 is 1.71 bits per heavy atom. The second-order valence-corrected chi connectivity index (χ2v) is 7.85. The van der Waals surface area contributed by atoms with E-state index < -0.39 is 0 Å². The van der Waals surface area contributed by atoms with Crippen molar-refractivity contribution in [2.24, 2.45) is 10.9 Å². The highest BCUT2D eigenvalue weighted by molar-refractivity contribution is 5.79. The van der Waals surface area contributed by atoms with Crippen LogP contribution in [0, 0.1) is 5.92 Å². The summed E-state index contributed by atoms with van der Waals surface area (Å²) < 4.78 is 0. The third kappa shape index (κ3) is 5.35. The first-order valence-corrected chi connectivity index (χ1v) is 10.2. The zero-order valence-electron chi connectivity index (χ0n) is 15.8. The van der Waals surface area contributed by atoms with Gasteiger partial charge in [0.15, 0.2) is 5.96 Å². The lowest BCUT2D eigenvalue weighted by molar-refractivity contribution is 0.187. The van der Waals surface area contributed by atoms with E-state index >= 15 is 0 Å². The molecule has 0 bridgehead atoms. The van der Waals surface area contributed by atoms with Crippen LogP contribution in [0.15, 0.2) is 4.99 Å². The molecule has 3 fully saturated rings. The van der Waals surface area contributed by atoms with Gasteiger partial charge in [0.2, 0.25) is 0 Å². The molecule has 138 valence electrons. The zero-order valence-corrected chi connectivity index (χ0v) is 15.8. The molecule has 5 nitrogen and oxygen atoms in total. The summed E-state index contributed by atoms with van der Waals surface area (Å²) in [6, 6.07) is 1.52. The Labute approximate surface area is 148 Å². The summed E-state index contributed by atoms with van der Waals surface area (Å²) in [7, 11) is 1.90. The number of rotatable bonds is 6. The number of nitrogens with one attached hydrogen (secondary N) is 2. The first kappa shape index (κ1) is 18.0. The molecular formula is C19H37N5. The quantitative estimate of drug-likeness (QED) is 0.575. The molecule has 2 saturated heterocycles. The summed E-state index contributed by atoms with van der Waals surface area (Å²) in [5.74, 6) is 1.89. The van der Waals surface area contributed by atoms with Gasteiger partial charge >= 0.3 is 0 Å². The fraction of sp³-hybridized carbons (Fsp3) is 0.947. The van der Waals surface area contributed by atoms with Crippen LogP contribution in [0.2, 0.25) is 0 Å². The highest BCUT2D eigenvalue weighted by Gasteiger charge is 2.31. The second-order valence-electron chi connectivity index (χ2n) is 7.85. The van der Waals surface area contributed by atoms with Gasteiger partial charge in [-0.1, -0.05) is 6.92 Å². The van der Waals surface area contributed by atoms with Crippen LogP contribution in [-0.4, -0.2) is 74.2 Å². The Kier molecular flexibility index (Phi) is 6.78. The van der Waals surface area contributed by atoms with E-state index in [4.69, 9.17) is 0 Å². The van der Waals surface area contributed by atoms with Crippen LogP contribution in [0.3, 0.4) is 0 Å². The third-order valence-corrected chi connectivity index (χ3v) is 6.16. The summed E-state index contributed by atoms with van der Waals surface area (Å²) in [6.45, 7) is 9.62. The van der Waals surface area contributed by atoms with E-state index in [-0.39, 0.29) is 0 Å². The Morgan fingerprint density at radius 1 is 1.00 bits per heavy atom. The first-order chi connectivity index (χ1) is 11.8. The van der Waals surface area contributed by atoms with E-state index in [9.17, 15) is 0 Å². The standard InChI is InChI=1S/C19H37N5/c1-3-23-12-7-16(8-13-23)6-11-21-19(20-2)22-17-9-14-24(15-10-17)18-4-5-18/h16-18H,3-15H2,1-2H3,(H2,20,21,22). The molecule has 3 rings (SSSR count). The molecule has 2 aliphatic heterocycles. The maximum absolute atomic E-state index is 4.43. The van der Waals surface area contributed by atoms with E-state index in [0.29, 0.717) is 6.04 Å². The SMILES string of the molecule is CCN1CCC(CCNC(=NC)NC2CCN(C3CC3)CC2)CC1. The normalized spacial score (nSPS) is 25.8. The Morgan fingerprint density at radius 3 is 2.29 bits per heavy atom. The van der Waals surface area contributed by atoms with Crippen LogP contribution in [0.1, 0.15) is 51.9 Å². The van der Waals surface area contributed by atoms with Gasteiger partial charge in [0.1, 0.15) is 0 Å². The predicted octanol–water partition coefficient (Wildman–Crippen LogP) is 1.90. The average Bonchev–Trinajstić information content (AvgIpc) is 3.47. The Balaban J connectivity index is 1.29. The lowest BCUT2D eigenvalue weighted by Crippen LogP contribution is -2.49. The van der Waals surface area contributed by atoms with Crippen molar-refractivity contribution in [1.82, 2.24) is 20.4 Å². The molecule has 1 saturated carbocycles. The monoisotopic (exact) mass is 335 g/mol. The number of aliphatic imine (C=N–C) groups is 1. The van der Waals surface area contributed by atoms with Crippen molar-refractivity contribution >= 4 is 5.96 Å². The van der Waals surface area contributed by atoms with Crippen molar-refractivity contribution in [3.8, 4) is 0 Å². The Hall–Kier alpha value is -0.810. The van der Waals surface area contributed by atoms with Crippen molar-refractivity contribution in [2.45, 2.75) is 64.0 Å². The van der Waals surface area contributed by atoms with Crippen LogP contribution in [-0.2, 0) is 0 Å². The number of nitrogens with zero attached hydrogens (tertiary/aromatic N) is 3. The van der Waals surface area contributed by atoms with E-state index in [1.165, 1.54) is 77.7 Å². The van der Waals surface area contributed by atoms with Gasteiger partial charge < -0.3 is 20.4 Å². The Bertz CT molecular complexity index is 391. The van der Waals surface area contributed by atoms with Gasteiger partial charge in [0.05, 0.1) is 0 Å². The largest absolute Gasteiger partial charge is 0.356 e. The van der Waals surface area contributed by atoms with Crippen molar-refractivity contribution in [2.75, 3.05) is 46.3 Å². The molecule has 0 unspecified atom stereocenters. The number of likely N-dealkylation sites (tertiary alicyclic amines) is 2. The fourth-order valence-electron chi connectivity index (χ4n) is 4.22. The number of hydrogen-bond donors (Lipinski definition) is 2. The van der Waals surface area contributed by atoms with Crippen LogP contribution in [0.5, 0.6) is 0 Å². The molecular weight excluding hydrogens is 298 g/mol. The predicted molar refractivity (Wildman–Crippen MR) is 102 cm³/mol. The van der Waals surface area contributed by atoms with E-state index in [0.717, 1.165) is 24.5 Å². The van der Waals surface area contributed by atoms with Gasteiger partial charge in [-0.2, -0.15) is 0 Å². The van der Waals surface area contributed by atoms with Crippen LogP contribution in [0.25, 0.3) is 0 Å². The number of hydrogen-bond acceptors (Lipinski definition) is 3. The van der Waals surface area contributed by atoms with Gasteiger partial charge in [-0.15, -0.1) is 0 Å². The molecule has 0 spiro atoms. The van der Waals surface area contributed by atoms with E-state index in [1.54, 1.807) is 0 Å². The summed E-state index contributed by atoms with van der Waals surface area (Å²) in [5.41, 5.74) is 0. The minimum Gasteiger partial charge on any atom is -0.356 e. The van der Waals surface area contributed by atoms with Crippen LogP contribution < -0.4 is 10.6 Å². The maximum Gasteiger partial charge on any atom is 0.191 e.